The minimum atomic E-state index is 0.724. The Kier molecular flexibility index (Phi) is 4.71. The first kappa shape index (κ1) is 16.8. The van der Waals surface area contributed by atoms with Crippen LogP contribution in [0.4, 0.5) is 11.6 Å². The summed E-state index contributed by atoms with van der Waals surface area (Å²) in [4.78, 5) is 14.1. The number of pyridine rings is 2. The Morgan fingerprint density at radius 1 is 1.04 bits per heavy atom. The predicted molar refractivity (Wildman–Crippen MR) is 108 cm³/mol. The van der Waals surface area contributed by atoms with Gasteiger partial charge in [-0.2, -0.15) is 0 Å². The molecule has 1 fully saturated rings. The highest BCUT2D eigenvalue weighted by Crippen LogP contribution is 2.20. The lowest BCUT2D eigenvalue weighted by Gasteiger charge is -2.33. The number of hydrogen-bond donors (Lipinski definition) is 1. The van der Waals surface area contributed by atoms with Crippen LogP contribution in [-0.4, -0.2) is 48.1 Å². The van der Waals surface area contributed by atoms with Crippen LogP contribution in [0.2, 0.25) is 0 Å². The lowest BCUT2D eigenvalue weighted by atomic mass is 10.1. The second-order valence-electron chi connectivity index (χ2n) is 7.02. The smallest absolute Gasteiger partial charge is 0.129 e. The van der Waals surface area contributed by atoms with E-state index >= 15 is 0 Å². The molecule has 0 amide bonds. The highest BCUT2D eigenvalue weighted by molar-refractivity contribution is 5.81. The summed E-state index contributed by atoms with van der Waals surface area (Å²) in [6.07, 6.45) is 1.97. The van der Waals surface area contributed by atoms with Gasteiger partial charge in [0.25, 0.3) is 0 Å². The highest BCUT2D eigenvalue weighted by atomic mass is 15.3. The first-order valence-corrected chi connectivity index (χ1v) is 9.18. The third kappa shape index (κ3) is 3.63. The van der Waals surface area contributed by atoms with Crippen molar-refractivity contribution in [3.05, 3.63) is 59.8 Å². The van der Waals surface area contributed by atoms with Crippen LogP contribution in [0.5, 0.6) is 0 Å². The van der Waals surface area contributed by atoms with Crippen LogP contribution in [-0.2, 0) is 6.54 Å². The maximum Gasteiger partial charge on any atom is 0.129 e. The van der Waals surface area contributed by atoms with E-state index in [0.717, 1.165) is 61.0 Å². The number of benzene rings is 1. The molecule has 1 N–H and O–H groups in total. The van der Waals surface area contributed by atoms with Gasteiger partial charge < -0.3 is 15.1 Å². The van der Waals surface area contributed by atoms with Gasteiger partial charge in [-0.05, 0) is 43.3 Å². The van der Waals surface area contributed by atoms with Crippen LogP contribution in [0.15, 0.2) is 48.7 Å². The SMILES string of the molecule is Cc1cc2ccccc2nc1NCc1ccc(N2CCN(C)CC2)nc1. The number of aromatic nitrogens is 2. The third-order valence-electron chi connectivity index (χ3n) is 5.01. The molecule has 26 heavy (non-hydrogen) atoms. The van der Waals surface area contributed by atoms with E-state index in [0.29, 0.717) is 0 Å². The van der Waals surface area contributed by atoms with Gasteiger partial charge >= 0.3 is 0 Å². The molecule has 1 aliphatic rings. The number of piperazine rings is 1. The molecule has 0 atom stereocenters. The zero-order valence-electron chi connectivity index (χ0n) is 15.4. The largest absolute Gasteiger partial charge is 0.366 e. The average Bonchev–Trinajstić information content (AvgIpc) is 2.67. The summed E-state index contributed by atoms with van der Waals surface area (Å²) in [5.41, 5.74) is 3.34. The van der Waals surface area contributed by atoms with E-state index in [9.17, 15) is 0 Å². The van der Waals surface area contributed by atoms with Crippen molar-refractivity contribution in [3.63, 3.8) is 0 Å². The molecule has 3 aromatic rings. The lowest BCUT2D eigenvalue weighted by molar-refractivity contribution is 0.312. The fourth-order valence-corrected chi connectivity index (χ4v) is 3.33. The van der Waals surface area contributed by atoms with Crippen molar-refractivity contribution >= 4 is 22.5 Å². The summed E-state index contributed by atoms with van der Waals surface area (Å²) in [5, 5.41) is 4.63. The molecule has 1 saturated heterocycles. The lowest BCUT2D eigenvalue weighted by Crippen LogP contribution is -2.44. The molecular weight excluding hydrogens is 322 g/mol. The summed E-state index contributed by atoms with van der Waals surface area (Å²) in [5.74, 6) is 2.01. The van der Waals surface area contributed by atoms with E-state index in [4.69, 9.17) is 4.98 Å². The predicted octanol–water partition coefficient (Wildman–Crippen LogP) is 3.30. The summed E-state index contributed by atoms with van der Waals surface area (Å²) >= 11 is 0. The molecule has 134 valence electrons. The van der Waals surface area contributed by atoms with Gasteiger partial charge in [0.2, 0.25) is 0 Å². The second kappa shape index (κ2) is 7.30. The zero-order valence-corrected chi connectivity index (χ0v) is 15.4. The Morgan fingerprint density at radius 2 is 1.85 bits per heavy atom. The van der Waals surface area contributed by atoms with Crippen molar-refractivity contribution in [2.45, 2.75) is 13.5 Å². The van der Waals surface area contributed by atoms with Crippen LogP contribution in [0.1, 0.15) is 11.1 Å². The molecule has 5 nitrogen and oxygen atoms in total. The second-order valence-corrected chi connectivity index (χ2v) is 7.02. The van der Waals surface area contributed by atoms with Gasteiger partial charge in [-0.1, -0.05) is 24.3 Å². The van der Waals surface area contributed by atoms with Crippen LogP contribution in [0, 0.1) is 6.92 Å². The molecule has 5 heteroatoms. The topological polar surface area (TPSA) is 44.3 Å². The van der Waals surface area contributed by atoms with Crippen molar-refractivity contribution in [3.8, 4) is 0 Å². The molecule has 4 rings (SSSR count). The number of nitrogens with zero attached hydrogens (tertiary/aromatic N) is 4. The first-order valence-electron chi connectivity index (χ1n) is 9.18. The number of para-hydroxylation sites is 1. The van der Waals surface area contributed by atoms with Crippen LogP contribution < -0.4 is 10.2 Å². The number of hydrogen-bond acceptors (Lipinski definition) is 5. The molecule has 1 aliphatic heterocycles. The standard InChI is InChI=1S/C21H25N5/c1-16-13-18-5-3-4-6-19(18)24-21(16)23-15-17-7-8-20(22-14-17)26-11-9-25(2)10-12-26/h3-8,13-14H,9-12,15H2,1-2H3,(H,23,24). The van der Waals surface area contributed by atoms with Crippen molar-refractivity contribution < 1.29 is 0 Å². The van der Waals surface area contributed by atoms with Gasteiger partial charge in [-0.15, -0.1) is 0 Å². The van der Waals surface area contributed by atoms with Gasteiger partial charge in [0.1, 0.15) is 11.6 Å². The van der Waals surface area contributed by atoms with Gasteiger partial charge in [0, 0.05) is 44.3 Å². The number of nitrogens with one attached hydrogen (secondary N) is 1. The normalized spacial score (nSPS) is 15.4. The monoisotopic (exact) mass is 347 g/mol. The molecule has 0 unspecified atom stereocenters. The molecule has 0 spiro atoms. The Balaban J connectivity index is 1.42. The number of rotatable bonds is 4. The molecule has 1 aromatic carbocycles. The number of fused-ring (bicyclic) bond motifs is 1. The van der Waals surface area contributed by atoms with Crippen LogP contribution >= 0.6 is 0 Å². The van der Waals surface area contributed by atoms with E-state index < -0.39 is 0 Å². The molecule has 0 aliphatic carbocycles. The minimum Gasteiger partial charge on any atom is -0.366 e. The highest BCUT2D eigenvalue weighted by Gasteiger charge is 2.14. The van der Waals surface area contributed by atoms with E-state index in [1.54, 1.807) is 0 Å². The summed E-state index contributed by atoms with van der Waals surface area (Å²) in [7, 11) is 2.17. The van der Waals surface area contributed by atoms with Crippen molar-refractivity contribution in [2.75, 3.05) is 43.4 Å². The van der Waals surface area contributed by atoms with Crippen molar-refractivity contribution in [2.24, 2.45) is 0 Å². The minimum absolute atomic E-state index is 0.724. The van der Waals surface area contributed by atoms with E-state index in [1.165, 1.54) is 5.39 Å². The van der Waals surface area contributed by atoms with Crippen molar-refractivity contribution in [1.29, 1.82) is 0 Å². The van der Waals surface area contributed by atoms with Gasteiger partial charge in [-0.3, -0.25) is 0 Å². The fraction of sp³-hybridized carbons (Fsp3) is 0.333. The molecule has 3 heterocycles. The first-order chi connectivity index (χ1) is 12.7. The Bertz CT molecular complexity index is 883. The summed E-state index contributed by atoms with van der Waals surface area (Å²) < 4.78 is 0. The molecule has 0 radical (unpaired) electrons. The van der Waals surface area contributed by atoms with Gasteiger partial charge in [0.05, 0.1) is 5.52 Å². The Labute approximate surface area is 154 Å². The van der Waals surface area contributed by atoms with Gasteiger partial charge in [0.15, 0.2) is 0 Å². The number of likely N-dealkylation sites (N-methyl/N-ethyl adjacent to an activating group) is 1. The van der Waals surface area contributed by atoms with Crippen LogP contribution in [0.25, 0.3) is 10.9 Å². The fourth-order valence-electron chi connectivity index (χ4n) is 3.33. The summed E-state index contributed by atoms with van der Waals surface area (Å²) in [6.45, 7) is 7.09. The van der Waals surface area contributed by atoms with Gasteiger partial charge in [-0.25, -0.2) is 9.97 Å². The molecular formula is C21H25N5. The van der Waals surface area contributed by atoms with E-state index in [1.807, 2.05) is 24.4 Å². The Morgan fingerprint density at radius 3 is 2.62 bits per heavy atom. The molecule has 0 saturated carbocycles. The molecule has 2 aromatic heterocycles. The number of aryl methyl sites for hydroxylation is 1. The quantitative estimate of drug-likeness (QED) is 0.784. The van der Waals surface area contributed by atoms with E-state index in [2.05, 4.69) is 58.3 Å². The van der Waals surface area contributed by atoms with E-state index in [-0.39, 0.29) is 0 Å². The maximum absolute atomic E-state index is 4.74. The Hall–Kier alpha value is -2.66. The third-order valence-corrected chi connectivity index (χ3v) is 5.01. The van der Waals surface area contributed by atoms with Crippen LogP contribution in [0.3, 0.4) is 0 Å². The number of anilines is 2. The van der Waals surface area contributed by atoms with Crippen molar-refractivity contribution in [1.82, 2.24) is 14.9 Å². The average molecular weight is 347 g/mol. The molecule has 0 bridgehead atoms. The summed E-state index contributed by atoms with van der Waals surface area (Å²) in [6, 6.07) is 14.7. The maximum atomic E-state index is 4.74. The zero-order chi connectivity index (χ0) is 17.9.